The number of hydrogen-bond acceptors (Lipinski definition) is 4. The first kappa shape index (κ1) is 15.0. The molecule has 114 valence electrons. The van der Waals surface area contributed by atoms with Crippen molar-refractivity contribution in [3.05, 3.63) is 23.8 Å². The summed E-state index contributed by atoms with van der Waals surface area (Å²) in [7, 11) is 3.24. The molecule has 0 radical (unpaired) electrons. The molecule has 2 N–H and O–H groups in total. The molecule has 0 fully saturated rings. The molecule has 0 aromatic heterocycles. The van der Waals surface area contributed by atoms with Crippen molar-refractivity contribution >= 4 is 11.9 Å². The monoisotopic (exact) mass is 293 g/mol. The van der Waals surface area contributed by atoms with Crippen molar-refractivity contribution in [2.24, 2.45) is 0 Å². The molecule has 0 aliphatic carbocycles. The lowest BCUT2D eigenvalue weighted by molar-refractivity contribution is -0.122. The van der Waals surface area contributed by atoms with Crippen molar-refractivity contribution in [1.29, 1.82) is 0 Å². The minimum absolute atomic E-state index is 0.221. The Kier molecular flexibility index (Phi) is 4.52. The number of rotatable bonds is 4. The highest BCUT2D eigenvalue weighted by atomic mass is 16.7. The molecular formula is C14H19N3O4. The highest BCUT2D eigenvalue weighted by Crippen LogP contribution is 2.32. The van der Waals surface area contributed by atoms with Crippen molar-refractivity contribution in [3.8, 4) is 11.5 Å². The lowest BCUT2D eigenvalue weighted by Crippen LogP contribution is -2.47. The highest BCUT2D eigenvalue weighted by Gasteiger charge is 2.17. The molecule has 1 atom stereocenters. The summed E-state index contributed by atoms with van der Waals surface area (Å²) in [5.74, 6) is 1.13. The molecule has 1 aromatic carbocycles. The number of benzene rings is 1. The predicted octanol–water partition coefficient (Wildman–Crippen LogP) is 0.691. The summed E-state index contributed by atoms with van der Waals surface area (Å²) < 4.78 is 10.5. The van der Waals surface area contributed by atoms with Crippen LogP contribution in [0.25, 0.3) is 0 Å². The van der Waals surface area contributed by atoms with Crippen LogP contribution in [0.5, 0.6) is 11.5 Å². The summed E-state index contributed by atoms with van der Waals surface area (Å²) in [6, 6.07) is 4.58. The zero-order valence-corrected chi connectivity index (χ0v) is 12.3. The molecule has 3 amide bonds. The molecule has 0 spiro atoms. The van der Waals surface area contributed by atoms with Crippen LogP contribution in [0.2, 0.25) is 0 Å². The Bertz CT molecular complexity index is 545. The Morgan fingerprint density at radius 2 is 2.00 bits per heavy atom. The summed E-state index contributed by atoms with van der Waals surface area (Å²) in [6.07, 6.45) is 0. The standard InChI is InChI=1S/C14H19N3O4/c1-9(16-14(19)17(2)3)13(18)15-7-10-4-5-11-12(6-10)21-8-20-11/h4-6,9H,7-8H2,1-3H3,(H,15,18)(H,16,19)/t9-/m1/s1. The van der Waals surface area contributed by atoms with Crippen LogP contribution in [-0.2, 0) is 11.3 Å². The lowest BCUT2D eigenvalue weighted by atomic mass is 10.2. The Balaban J connectivity index is 1.85. The Hall–Kier alpha value is -2.44. The van der Waals surface area contributed by atoms with E-state index in [2.05, 4.69) is 10.6 Å². The Morgan fingerprint density at radius 3 is 2.71 bits per heavy atom. The average molecular weight is 293 g/mol. The van der Waals surface area contributed by atoms with Crippen LogP contribution in [0.15, 0.2) is 18.2 Å². The number of nitrogens with zero attached hydrogens (tertiary/aromatic N) is 1. The first-order chi connectivity index (χ1) is 9.97. The van der Waals surface area contributed by atoms with E-state index in [-0.39, 0.29) is 18.7 Å². The molecule has 7 nitrogen and oxygen atoms in total. The fourth-order valence-electron chi connectivity index (χ4n) is 1.77. The third-order valence-electron chi connectivity index (χ3n) is 3.04. The molecule has 0 saturated heterocycles. The van der Waals surface area contributed by atoms with E-state index in [9.17, 15) is 9.59 Å². The van der Waals surface area contributed by atoms with Crippen LogP contribution in [0.4, 0.5) is 4.79 Å². The fraction of sp³-hybridized carbons (Fsp3) is 0.429. The molecular weight excluding hydrogens is 274 g/mol. The van der Waals surface area contributed by atoms with Gasteiger partial charge in [-0.3, -0.25) is 4.79 Å². The Labute approximate surface area is 123 Å². The largest absolute Gasteiger partial charge is 0.454 e. The zero-order valence-electron chi connectivity index (χ0n) is 12.3. The number of fused-ring (bicyclic) bond motifs is 1. The SMILES string of the molecule is C[C@@H](NC(=O)N(C)C)C(=O)NCc1ccc2c(c1)OCO2. The van der Waals surface area contributed by atoms with Gasteiger partial charge in [-0.15, -0.1) is 0 Å². The van der Waals surface area contributed by atoms with Gasteiger partial charge in [0, 0.05) is 20.6 Å². The van der Waals surface area contributed by atoms with Gasteiger partial charge in [-0.2, -0.15) is 0 Å². The number of urea groups is 1. The third kappa shape index (κ3) is 3.77. The van der Waals surface area contributed by atoms with Crippen molar-refractivity contribution in [1.82, 2.24) is 15.5 Å². The van der Waals surface area contributed by atoms with Crippen LogP contribution in [0, 0.1) is 0 Å². The molecule has 2 rings (SSSR count). The summed E-state index contributed by atoms with van der Waals surface area (Å²) in [5.41, 5.74) is 0.902. The van der Waals surface area contributed by atoms with E-state index in [4.69, 9.17) is 9.47 Å². The first-order valence-corrected chi connectivity index (χ1v) is 6.61. The number of carbonyl (C=O) groups excluding carboxylic acids is 2. The number of ether oxygens (including phenoxy) is 2. The van der Waals surface area contributed by atoms with Crippen molar-refractivity contribution in [2.45, 2.75) is 19.5 Å². The van der Waals surface area contributed by atoms with Gasteiger partial charge >= 0.3 is 6.03 Å². The molecule has 21 heavy (non-hydrogen) atoms. The molecule has 0 saturated carbocycles. The first-order valence-electron chi connectivity index (χ1n) is 6.61. The molecule has 0 bridgehead atoms. The summed E-state index contributed by atoms with van der Waals surface area (Å²) >= 11 is 0. The van der Waals surface area contributed by atoms with E-state index in [0.29, 0.717) is 18.0 Å². The van der Waals surface area contributed by atoms with E-state index < -0.39 is 6.04 Å². The summed E-state index contributed by atoms with van der Waals surface area (Å²) in [6.45, 7) is 2.22. The van der Waals surface area contributed by atoms with E-state index in [1.165, 1.54) is 4.90 Å². The van der Waals surface area contributed by atoms with Gasteiger partial charge in [-0.25, -0.2) is 4.79 Å². The van der Waals surface area contributed by atoms with E-state index >= 15 is 0 Å². The maximum Gasteiger partial charge on any atom is 0.317 e. The summed E-state index contributed by atoms with van der Waals surface area (Å²) in [4.78, 5) is 24.7. The van der Waals surface area contributed by atoms with E-state index in [0.717, 1.165) is 5.56 Å². The van der Waals surface area contributed by atoms with Crippen LogP contribution in [0.3, 0.4) is 0 Å². The lowest BCUT2D eigenvalue weighted by Gasteiger charge is -2.17. The third-order valence-corrected chi connectivity index (χ3v) is 3.04. The van der Waals surface area contributed by atoms with Gasteiger partial charge in [0.1, 0.15) is 6.04 Å². The number of nitrogens with one attached hydrogen (secondary N) is 2. The smallest absolute Gasteiger partial charge is 0.317 e. The van der Waals surface area contributed by atoms with Gasteiger partial charge in [-0.05, 0) is 24.6 Å². The molecule has 0 unspecified atom stereocenters. The van der Waals surface area contributed by atoms with Gasteiger partial charge in [0.25, 0.3) is 0 Å². The van der Waals surface area contributed by atoms with E-state index in [1.807, 2.05) is 12.1 Å². The molecule has 7 heteroatoms. The Morgan fingerprint density at radius 1 is 1.29 bits per heavy atom. The average Bonchev–Trinajstić information content (AvgIpc) is 2.91. The molecule has 1 aliphatic heterocycles. The number of hydrogen-bond donors (Lipinski definition) is 2. The molecule has 1 heterocycles. The second kappa shape index (κ2) is 6.34. The fourth-order valence-corrected chi connectivity index (χ4v) is 1.77. The second-order valence-corrected chi connectivity index (χ2v) is 4.97. The minimum Gasteiger partial charge on any atom is -0.454 e. The predicted molar refractivity (Wildman–Crippen MR) is 76.1 cm³/mol. The molecule has 1 aliphatic rings. The van der Waals surface area contributed by atoms with Gasteiger partial charge in [0.15, 0.2) is 11.5 Å². The second-order valence-electron chi connectivity index (χ2n) is 4.97. The van der Waals surface area contributed by atoms with Crippen LogP contribution < -0.4 is 20.1 Å². The maximum absolute atomic E-state index is 11.9. The van der Waals surface area contributed by atoms with Gasteiger partial charge in [-0.1, -0.05) is 6.07 Å². The summed E-state index contributed by atoms with van der Waals surface area (Å²) in [5, 5.41) is 5.35. The van der Waals surface area contributed by atoms with Gasteiger partial charge in [0.05, 0.1) is 0 Å². The van der Waals surface area contributed by atoms with Crippen molar-refractivity contribution < 1.29 is 19.1 Å². The van der Waals surface area contributed by atoms with E-state index in [1.54, 1.807) is 27.1 Å². The van der Waals surface area contributed by atoms with Crippen molar-refractivity contribution in [2.75, 3.05) is 20.9 Å². The van der Waals surface area contributed by atoms with Crippen LogP contribution in [0.1, 0.15) is 12.5 Å². The van der Waals surface area contributed by atoms with Crippen molar-refractivity contribution in [3.63, 3.8) is 0 Å². The maximum atomic E-state index is 11.9. The van der Waals surface area contributed by atoms with Crippen LogP contribution in [-0.4, -0.2) is 43.8 Å². The highest BCUT2D eigenvalue weighted by molar-refractivity contribution is 5.86. The normalized spacial score (nSPS) is 13.5. The van der Waals surface area contributed by atoms with Gasteiger partial charge < -0.3 is 25.0 Å². The van der Waals surface area contributed by atoms with Gasteiger partial charge in [0.2, 0.25) is 12.7 Å². The van der Waals surface area contributed by atoms with Crippen LogP contribution >= 0.6 is 0 Å². The molecule has 1 aromatic rings. The topological polar surface area (TPSA) is 79.9 Å². The number of amides is 3. The zero-order chi connectivity index (χ0) is 15.4. The quantitative estimate of drug-likeness (QED) is 0.856. The number of carbonyl (C=O) groups is 2. The minimum atomic E-state index is -0.603.